The van der Waals surface area contributed by atoms with Crippen molar-refractivity contribution in [1.29, 1.82) is 0 Å². The SMILES string of the molecule is COCCN=C(NN)Nc1cccc(N(C)C)c1. The van der Waals surface area contributed by atoms with Crippen LogP contribution in [0.2, 0.25) is 0 Å². The Balaban J connectivity index is 2.69. The summed E-state index contributed by atoms with van der Waals surface area (Å²) in [6.07, 6.45) is 0. The molecule has 6 nitrogen and oxygen atoms in total. The first-order valence-electron chi connectivity index (χ1n) is 5.71. The zero-order valence-electron chi connectivity index (χ0n) is 11.1. The molecule has 0 aromatic heterocycles. The lowest BCUT2D eigenvalue weighted by molar-refractivity contribution is 0.208. The number of rotatable bonds is 5. The van der Waals surface area contributed by atoms with E-state index in [9.17, 15) is 0 Å². The molecule has 0 atom stereocenters. The number of nitrogens with two attached hydrogens (primary N) is 1. The van der Waals surface area contributed by atoms with Gasteiger partial charge in [0, 0.05) is 32.6 Å². The lowest BCUT2D eigenvalue weighted by Crippen LogP contribution is -2.36. The molecule has 6 heteroatoms. The minimum absolute atomic E-state index is 0.517. The van der Waals surface area contributed by atoms with Crippen LogP contribution in [-0.4, -0.2) is 40.3 Å². The zero-order valence-corrected chi connectivity index (χ0v) is 11.1. The predicted molar refractivity (Wildman–Crippen MR) is 75.9 cm³/mol. The van der Waals surface area contributed by atoms with Crippen LogP contribution < -0.4 is 21.5 Å². The van der Waals surface area contributed by atoms with Gasteiger partial charge < -0.3 is 15.0 Å². The van der Waals surface area contributed by atoms with Crippen molar-refractivity contribution in [3.05, 3.63) is 24.3 Å². The summed E-state index contributed by atoms with van der Waals surface area (Å²) in [5.74, 6) is 5.92. The van der Waals surface area contributed by atoms with Gasteiger partial charge in [0.25, 0.3) is 0 Å². The molecule has 0 heterocycles. The Bertz CT molecular complexity index is 392. The highest BCUT2D eigenvalue weighted by Gasteiger charge is 2.00. The molecule has 0 aliphatic carbocycles. The van der Waals surface area contributed by atoms with E-state index in [2.05, 4.69) is 15.7 Å². The van der Waals surface area contributed by atoms with E-state index in [1.165, 1.54) is 0 Å². The maximum Gasteiger partial charge on any atom is 0.210 e. The number of methoxy groups -OCH3 is 1. The number of aliphatic imine (C=N–C) groups is 1. The molecule has 0 spiro atoms. The molecule has 0 aliphatic heterocycles. The third-order valence-electron chi connectivity index (χ3n) is 2.33. The molecule has 0 saturated carbocycles. The Morgan fingerprint density at radius 1 is 1.44 bits per heavy atom. The van der Waals surface area contributed by atoms with Crippen LogP contribution in [0.1, 0.15) is 0 Å². The molecule has 0 unspecified atom stereocenters. The van der Waals surface area contributed by atoms with E-state index in [1.54, 1.807) is 7.11 Å². The van der Waals surface area contributed by atoms with Crippen molar-refractivity contribution < 1.29 is 4.74 Å². The number of ether oxygens (including phenoxy) is 1. The first-order valence-corrected chi connectivity index (χ1v) is 5.71. The number of hydrogen-bond acceptors (Lipinski definition) is 4. The smallest absolute Gasteiger partial charge is 0.210 e. The van der Waals surface area contributed by atoms with Crippen molar-refractivity contribution in [3.8, 4) is 0 Å². The highest BCUT2D eigenvalue weighted by Crippen LogP contribution is 2.16. The topological polar surface area (TPSA) is 74.9 Å². The van der Waals surface area contributed by atoms with Gasteiger partial charge in [-0.3, -0.25) is 5.43 Å². The van der Waals surface area contributed by atoms with Gasteiger partial charge in [0.2, 0.25) is 5.96 Å². The van der Waals surface area contributed by atoms with Crippen LogP contribution >= 0.6 is 0 Å². The fourth-order valence-electron chi connectivity index (χ4n) is 1.37. The first-order chi connectivity index (χ1) is 8.67. The van der Waals surface area contributed by atoms with Crippen molar-refractivity contribution >= 4 is 17.3 Å². The van der Waals surface area contributed by atoms with E-state index < -0.39 is 0 Å². The van der Waals surface area contributed by atoms with Crippen LogP contribution in [0.5, 0.6) is 0 Å². The van der Waals surface area contributed by atoms with Crippen LogP contribution in [-0.2, 0) is 4.74 Å². The van der Waals surface area contributed by atoms with Crippen molar-refractivity contribution in [2.24, 2.45) is 10.8 Å². The molecular formula is C12H21N5O. The zero-order chi connectivity index (χ0) is 13.4. The average Bonchev–Trinajstić information content (AvgIpc) is 2.38. The van der Waals surface area contributed by atoms with Crippen molar-refractivity contribution in [2.75, 3.05) is 44.6 Å². The van der Waals surface area contributed by atoms with Gasteiger partial charge in [-0.1, -0.05) is 6.07 Å². The number of benzene rings is 1. The summed E-state index contributed by atoms with van der Waals surface area (Å²) in [5.41, 5.74) is 4.56. The molecule has 0 radical (unpaired) electrons. The van der Waals surface area contributed by atoms with Crippen LogP contribution in [0, 0.1) is 0 Å². The van der Waals surface area contributed by atoms with Gasteiger partial charge in [-0.2, -0.15) is 0 Å². The minimum atomic E-state index is 0.517. The van der Waals surface area contributed by atoms with Gasteiger partial charge in [0.05, 0.1) is 13.2 Å². The number of hydrogen-bond donors (Lipinski definition) is 3. The number of anilines is 2. The van der Waals surface area contributed by atoms with E-state index in [4.69, 9.17) is 10.6 Å². The number of nitrogens with zero attached hydrogens (tertiary/aromatic N) is 2. The molecule has 0 amide bonds. The lowest BCUT2D eigenvalue weighted by Gasteiger charge is -2.15. The third-order valence-corrected chi connectivity index (χ3v) is 2.33. The highest BCUT2D eigenvalue weighted by atomic mass is 16.5. The van der Waals surface area contributed by atoms with Crippen LogP contribution in [0.25, 0.3) is 0 Å². The number of guanidine groups is 1. The predicted octanol–water partition coefficient (Wildman–Crippen LogP) is 0.630. The number of nitrogens with one attached hydrogen (secondary N) is 2. The van der Waals surface area contributed by atoms with Crippen molar-refractivity contribution in [2.45, 2.75) is 0 Å². The molecule has 0 aliphatic rings. The maximum atomic E-state index is 5.41. The monoisotopic (exact) mass is 251 g/mol. The van der Waals surface area contributed by atoms with Gasteiger partial charge in [0.1, 0.15) is 0 Å². The van der Waals surface area contributed by atoms with Gasteiger partial charge in [-0.05, 0) is 18.2 Å². The highest BCUT2D eigenvalue weighted by molar-refractivity contribution is 5.93. The second kappa shape index (κ2) is 7.52. The first kappa shape index (κ1) is 14.3. The largest absolute Gasteiger partial charge is 0.383 e. The average molecular weight is 251 g/mol. The van der Waals surface area contributed by atoms with Gasteiger partial charge in [0.15, 0.2) is 0 Å². The van der Waals surface area contributed by atoms with E-state index in [-0.39, 0.29) is 0 Å². The number of hydrazine groups is 1. The quantitative estimate of drug-likeness (QED) is 0.235. The lowest BCUT2D eigenvalue weighted by atomic mass is 10.2. The second-order valence-corrected chi connectivity index (χ2v) is 3.94. The summed E-state index contributed by atoms with van der Waals surface area (Å²) in [6.45, 7) is 1.11. The summed E-state index contributed by atoms with van der Waals surface area (Å²) < 4.78 is 4.93. The summed E-state index contributed by atoms with van der Waals surface area (Å²) in [4.78, 5) is 6.26. The van der Waals surface area contributed by atoms with Gasteiger partial charge in [-0.25, -0.2) is 10.8 Å². The molecule has 4 N–H and O–H groups in total. The van der Waals surface area contributed by atoms with Crippen LogP contribution in [0.15, 0.2) is 29.3 Å². The van der Waals surface area contributed by atoms with Crippen molar-refractivity contribution in [3.63, 3.8) is 0 Å². The van der Waals surface area contributed by atoms with Crippen LogP contribution in [0.4, 0.5) is 11.4 Å². The Morgan fingerprint density at radius 3 is 2.83 bits per heavy atom. The Kier molecular flexibility index (Phi) is 5.96. The van der Waals surface area contributed by atoms with E-state index in [0.29, 0.717) is 19.1 Å². The van der Waals surface area contributed by atoms with Gasteiger partial charge in [-0.15, -0.1) is 0 Å². The van der Waals surface area contributed by atoms with Crippen LogP contribution in [0.3, 0.4) is 0 Å². The van der Waals surface area contributed by atoms with Gasteiger partial charge >= 0.3 is 0 Å². The molecule has 1 rings (SSSR count). The molecule has 18 heavy (non-hydrogen) atoms. The Labute approximate surface area is 108 Å². The molecule has 1 aromatic rings. The maximum absolute atomic E-state index is 5.41. The normalized spacial score (nSPS) is 11.2. The molecule has 0 bridgehead atoms. The van der Waals surface area contributed by atoms with E-state index in [0.717, 1.165) is 11.4 Å². The standard InChI is InChI=1S/C12H21N5O/c1-17(2)11-6-4-5-10(9-11)15-12(16-13)14-7-8-18-3/h4-6,9H,7-8,13H2,1-3H3,(H2,14,15,16). The summed E-state index contributed by atoms with van der Waals surface area (Å²) in [6, 6.07) is 7.98. The fraction of sp³-hybridized carbons (Fsp3) is 0.417. The third kappa shape index (κ3) is 4.60. The van der Waals surface area contributed by atoms with Crippen molar-refractivity contribution in [1.82, 2.24) is 5.43 Å². The Hall–Kier alpha value is -1.79. The summed E-state index contributed by atoms with van der Waals surface area (Å²) >= 11 is 0. The summed E-state index contributed by atoms with van der Waals surface area (Å²) in [5, 5.41) is 3.11. The molecule has 100 valence electrons. The fourth-order valence-corrected chi connectivity index (χ4v) is 1.37. The minimum Gasteiger partial charge on any atom is -0.383 e. The molecule has 1 aromatic carbocycles. The summed E-state index contributed by atoms with van der Waals surface area (Å²) in [7, 11) is 5.63. The second-order valence-electron chi connectivity index (χ2n) is 3.94. The van der Waals surface area contributed by atoms with E-state index >= 15 is 0 Å². The Morgan fingerprint density at radius 2 is 2.22 bits per heavy atom. The molecule has 0 saturated heterocycles. The molecular weight excluding hydrogens is 230 g/mol. The molecule has 0 fully saturated rings. The van der Waals surface area contributed by atoms with E-state index in [1.807, 2.05) is 43.3 Å².